The molecule has 4 fully saturated rings. The van der Waals surface area contributed by atoms with Crippen LogP contribution in [0.25, 0.3) is 0 Å². The molecule has 0 radical (unpaired) electrons. The van der Waals surface area contributed by atoms with Gasteiger partial charge in [-0.1, -0.05) is 11.8 Å². The van der Waals surface area contributed by atoms with Crippen molar-refractivity contribution in [2.45, 2.75) is 56.6 Å². The van der Waals surface area contributed by atoms with Crippen LogP contribution in [0, 0.1) is 23.2 Å². The number of thioether (sulfide) groups is 1. The van der Waals surface area contributed by atoms with E-state index >= 15 is 0 Å². The highest BCUT2D eigenvalue weighted by Crippen LogP contribution is 2.61. The van der Waals surface area contributed by atoms with Crippen LogP contribution in [0.5, 0.6) is 0 Å². The van der Waals surface area contributed by atoms with E-state index in [1.165, 1.54) is 61.3 Å². The summed E-state index contributed by atoms with van der Waals surface area (Å²) in [5, 5.41) is 11.4. The molecule has 1 aromatic heterocycles. The maximum absolute atomic E-state index is 12.3. The summed E-state index contributed by atoms with van der Waals surface area (Å²) in [5.41, 5.74) is 0.350. The Kier molecular flexibility index (Phi) is 3.78. The Labute approximate surface area is 140 Å². The average molecular weight is 335 g/mol. The largest absolute Gasteiger partial charge is 0.352 e. The number of hydrogen-bond acceptors (Lipinski definition) is 5. The molecule has 1 amide bonds. The minimum Gasteiger partial charge on any atom is -0.352 e. The number of nitrogens with one attached hydrogen (secondary N) is 1. The summed E-state index contributed by atoms with van der Waals surface area (Å²) in [4.78, 5) is 12.3. The Bertz CT molecular complexity index is 566. The van der Waals surface area contributed by atoms with Gasteiger partial charge in [-0.25, -0.2) is 4.68 Å². The van der Waals surface area contributed by atoms with Crippen molar-refractivity contribution >= 4 is 17.7 Å². The molecule has 7 heteroatoms. The molecule has 0 aromatic carbocycles. The first-order chi connectivity index (χ1) is 11.0. The van der Waals surface area contributed by atoms with Gasteiger partial charge in [0.15, 0.2) is 0 Å². The molecule has 0 unspecified atom stereocenters. The van der Waals surface area contributed by atoms with Crippen LogP contribution in [-0.4, -0.2) is 32.6 Å². The number of nitrogens with zero attached hydrogens (tertiary/aromatic N) is 3. The number of nitrogens with two attached hydrogens (primary N) is 1. The molecule has 0 saturated heterocycles. The standard InChI is InChI=1S/C16H25N5OS/c1-10(19-14(22)8-23-15-20-18-9-21(15)17)16-5-11-2-12(6-16)4-13(3-11)7-16/h9-13H,2-8,17H2,1H3,(H,19,22)/t10-,11?,12?,13?,16?/m0/s1. The molecule has 4 bridgehead atoms. The third-order valence-electron chi connectivity index (χ3n) is 6.25. The molecule has 4 aliphatic carbocycles. The van der Waals surface area contributed by atoms with E-state index in [1.807, 2.05) is 0 Å². The molecule has 5 rings (SSSR count). The zero-order chi connectivity index (χ0) is 16.0. The maximum atomic E-state index is 12.3. The van der Waals surface area contributed by atoms with E-state index in [1.54, 1.807) is 0 Å². The topological polar surface area (TPSA) is 85.8 Å². The number of carbonyl (C=O) groups is 1. The fourth-order valence-corrected chi connectivity index (χ4v) is 6.25. The highest BCUT2D eigenvalue weighted by molar-refractivity contribution is 7.99. The van der Waals surface area contributed by atoms with Crippen molar-refractivity contribution in [3.8, 4) is 0 Å². The van der Waals surface area contributed by atoms with Crippen LogP contribution in [0.3, 0.4) is 0 Å². The Morgan fingerprint density at radius 3 is 2.52 bits per heavy atom. The summed E-state index contributed by atoms with van der Waals surface area (Å²) in [7, 11) is 0. The SMILES string of the molecule is C[C@H](NC(=O)CSc1nncn1N)C12CC3CC(CC(C3)C1)C2. The summed E-state index contributed by atoms with van der Waals surface area (Å²) >= 11 is 1.33. The number of hydrogen-bond donors (Lipinski definition) is 2. The predicted molar refractivity (Wildman–Crippen MR) is 89.1 cm³/mol. The van der Waals surface area contributed by atoms with Crippen LogP contribution in [0.1, 0.15) is 45.4 Å². The summed E-state index contributed by atoms with van der Waals surface area (Å²) in [5.74, 6) is 8.80. The van der Waals surface area contributed by atoms with Crippen molar-refractivity contribution in [1.82, 2.24) is 20.2 Å². The Hall–Kier alpha value is -1.24. The zero-order valence-electron chi connectivity index (χ0n) is 13.6. The summed E-state index contributed by atoms with van der Waals surface area (Å²) in [6.45, 7) is 2.21. The van der Waals surface area contributed by atoms with E-state index in [4.69, 9.17) is 5.84 Å². The number of carbonyl (C=O) groups excluding carboxylic acids is 1. The maximum Gasteiger partial charge on any atom is 0.230 e. The molecule has 1 heterocycles. The van der Waals surface area contributed by atoms with Crippen LogP contribution < -0.4 is 11.2 Å². The first kappa shape index (κ1) is 15.3. The molecule has 126 valence electrons. The number of nitrogen functional groups attached to an aromatic ring is 1. The second-order valence-corrected chi connectivity index (χ2v) is 8.82. The Morgan fingerprint density at radius 1 is 1.39 bits per heavy atom. The van der Waals surface area contributed by atoms with Gasteiger partial charge in [0.2, 0.25) is 11.1 Å². The molecule has 4 saturated carbocycles. The van der Waals surface area contributed by atoms with Gasteiger partial charge < -0.3 is 11.2 Å². The molecular weight excluding hydrogens is 310 g/mol. The quantitative estimate of drug-likeness (QED) is 0.633. The van der Waals surface area contributed by atoms with Gasteiger partial charge in [0, 0.05) is 6.04 Å². The van der Waals surface area contributed by atoms with E-state index in [-0.39, 0.29) is 11.9 Å². The molecule has 3 N–H and O–H groups in total. The van der Waals surface area contributed by atoms with Gasteiger partial charge in [0.05, 0.1) is 5.75 Å². The van der Waals surface area contributed by atoms with E-state index in [2.05, 4.69) is 22.4 Å². The first-order valence-corrected chi connectivity index (χ1v) is 9.60. The molecule has 0 spiro atoms. The smallest absolute Gasteiger partial charge is 0.230 e. The van der Waals surface area contributed by atoms with Crippen molar-refractivity contribution in [3.63, 3.8) is 0 Å². The number of aromatic nitrogens is 3. The second kappa shape index (κ2) is 5.69. The molecular formula is C16H25N5OS. The molecule has 0 aliphatic heterocycles. The fraction of sp³-hybridized carbons (Fsp3) is 0.812. The minimum absolute atomic E-state index is 0.0706. The number of rotatable bonds is 5. The van der Waals surface area contributed by atoms with Gasteiger partial charge >= 0.3 is 0 Å². The minimum atomic E-state index is 0.0706. The van der Waals surface area contributed by atoms with Gasteiger partial charge in [0.25, 0.3) is 0 Å². The lowest BCUT2D eigenvalue weighted by Crippen LogP contribution is -2.56. The van der Waals surface area contributed by atoms with Crippen molar-refractivity contribution < 1.29 is 4.79 Å². The summed E-state index contributed by atoms with van der Waals surface area (Å²) in [6.07, 6.45) is 9.67. The lowest BCUT2D eigenvalue weighted by Gasteiger charge is -2.59. The lowest BCUT2D eigenvalue weighted by molar-refractivity contribution is -0.123. The van der Waals surface area contributed by atoms with Crippen LogP contribution >= 0.6 is 11.8 Å². The van der Waals surface area contributed by atoms with Crippen molar-refractivity contribution in [1.29, 1.82) is 0 Å². The summed E-state index contributed by atoms with van der Waals surface area (Å²) in [6, 6.07) is 0.264. The van der Waals surface area contributed by atoms with Crippen molar-refractivity contribution in [3.05, 3.63) is 6.33 Å². The predicted octanol–water partition coefficient (Wildman–Crippen LogP) is 1.81. The fourth-order valence-electron chi connectivity index (χ4n) is 5.61. The molecule has 6 nitrogen and oxygen atoms in total. The third-order valence-corrected chi connectivity index (χ3v) is 7.21. The molecule has 1 aromatic rings. The van der Waals surface area contributed by atoms with Crippen LogP contribution in [0.2, 0.25) is 0 Å². The van der Waals surface area contributed by atoms with Crippen LogP contribution in [0.4, 0.5) is 0 Å². The van der Waals surface area contributed by atoms with Gasteiger partial charge in [-0.3, -0.25) is 4.79 Å². The lowest BCUT2D eigenvalue weighted by atomic mass is 9.48. The second-order valence-electron chi connectivity index (χ2n) is 7.88. The van der Waals surface area contributed by atoms with E-state index < -0.39 is 0 Å². The normalized spacial score (nSPS) is 36.1. The third kappa shape index (κ3) is 2.84. The first-order valence-electron chi connectivity index (χ1n) is 8.61. The van der Waals surface area contributed by atoms with Crippen LogP contribution in [0.15, 0.2) is 11.5 Å². The number of amides is 1. The van der Waals surface area contributed by atoms with Crippen LogP contribution in [-0.2, 0) is 4.79 Å². The van der Waals surface area contributed by atoms with Crippen molar-refractivity contribution in [2.24, 2.45) is 23.2 Å². The van der Waals surface area contributed by atoms with E-state index in [0.717, 1.165) is 17.8 Å². The Morgan fingerprint density at radius 2 is 2.00 bits per heavy atom. The van der Waals surface area contributed by atoms with E-state index in [9.17, 15) is 4.79 Å². The van der Waals surface area contributed by atoms with Gasteiger partial charge in [0.1, 0.15) is 6.33 Å². The molecule has 23 heavy (non-hydrogen) atoms. The molecule has 4 aliphatic rings. The summed E-state index contributed by atoms with van der Waals surface area (Å²) < 4.78 is 1.35. The van der Waals surface area contributed by atoms with Gasteiger partial charge in [-0.2, -0.15) is 0 Å². The average Bonchev–Trinajstić information content (AvgIpc) is 2.89. The monoisotopic (exact) mass is 335 g/mol. The zero-order valence-corrected chi connectivity index (χ0v) is 14.4. The Balaban J connectivity index is 1.35. The van der Waals surface area contributed by atoms with Crippen molar-refractivity contribution in [2.75, 3.05) is 11.6 Å². The van der Waals surface area contributed by atoms with Gasteiger partial charge in [-0.15, -0.1) is 10.2 Å². The highest BCUT2D eigenvalue weighted by atomic mass is 32.2. The molecule has 1 atom stereocenters. The highest BCUT2D eigenvalue weighted by Gasteiger charge is 2.53. The van der Waals surface area contributed by atoms with E-state index in [0.29, 0.717) is 16.3 Å². The van der Waals surface area contributed by atoms with Gasteiger partial charge in [-0.05, 0) is 68.6 Å².